The van der Waals surface area contributed by atoms with Crippen molar-refractivity contribution < 1.29 is 9.94 Å². The summed E-state index contributed by atoms with van der Waals surface area (Å²) in [4.78, 5) is 7.58. The van der Waals surface area contributed by atoms with Gasteiger partial charge in [-0.25, -0.2) is 9.97 Å². The van der Waals surface area contributed by atoms with Crippen LogP contribution in [-0.4, -0.2) is 27.6 Å². The summed E-state index contributed by atoms with van der Waals surface area (Å²) in [5, 5.41) is 11.1. The molecule has 0 bridgehead atoms. The van der Waals surface area contributed by atoms with Crippen LogP contribution >= 0.6 is 0 Å². The maximum atomic E-state index is 8.25. The molecule has 1 heterocycles. The van der Waals surface area contributed by atoms with Crippen LogP contribution in [0.2, 0.25) is 0 Å². The van der Waals surface area contributed by atoms with Crippen molar-refractivity contribution in [1.82, 2.24) is 9.97 Å². The quantitative estimate of drug-likeness (QED) is 0.233. The van der Waals surface area contributed by atoms with Crippen LogP contribution in [0.5, 0.6) is 5.75 Å². The Labute approximate surface area is 81.4 Å². The van der Waals surface area contributed by atoms with E-state index in [1.165, 1.54) is 6.33 Å². The van der Waals surface area contributed by atoms with Crippen LogP contribution in [0.25, 0.3) is 0 Å². The summed E-state index contributed by atoms with van der Waals surface area (Å²) in [7, 11) is 0. The van der Waals surface area contributed by atoms with Crippen LogP contribution in [0.1, 0.15) is 12.8 Å². The van der Waals surface area contributed by atoms with Crippen LogP contribution in [0, 0.1) is 0 Å². The zero-order valence-electron chi connectivity index (χ0n) is 7.63. The van der Waals surface area contributed by atoms with Gasteiger partial charge in [-0.1, -0.05) is 5.16 Å². The Bertz CT molecular complexity index is 289. The van der Waals surface area contributed by atoms with Gasteiger partial charge in [-0.05, 0) is 6.42 Å². The van der Waals surface area contributed by atoms with E-state index in [4.69, 9.17) is 15.7 Å². The second-order valence-electron chi connectivity index (χ2n) is 2.62. The lowest BCUT2D eigenvalue weighted by molar-refractivity contribution is 0.304. The van der Waals surface area contributed by atoms with E-state index in [9.17, 15) is 0 Å². The van der Waals surface area contributed by atoms with E-state index in [1.54, 1.807) is 12.4 Å². The Morgan fingerprint density at radius 1 is 1.50 bits per heavy atom. The molecule has 0 saturated heterocycles. The fraction of sp³-hybridized carbons (Fsp3) is 0.375. The summed E-state index contributed by atoms with van der Waals surface area (Å²) >= 11 is 0. The van der Waals surface area contributed by atoms with Crippen LogP contribution in [0.15, 0.2) is 23.9 Å². The van der Waals surface area contributed by atoms with Crippen LogP contribution in [-0.2, 0) is 0 Å². The van der Waals surface area contributed by atoms with Crippen molar-refractivity contribution in [3.8, 4) is 5.75 Å². The normalized spacial score (nSPS) is 11.3. The van der Waals surface area contributed by atoms with Gasteiger partial charge < -0.3 is 15.7 Å². The highest BCUT2D eigenvalue weighted by Gasteiger charge is 1.95. The van der Waals surface area contributed by atoms with Crippen molar-refractivity contribution >= 4 is 5.84 Å². The van der Waals surface area contributed by atoms with Gasteiger partial charge in [0.15, 0.2) is 5.75 Å². The number of oxime groups is 1. The lowest BCUT2D eigenvalue weighted by atomic mass is 10.3. The molecule has 0 atom stereocenters. The molecule has 0 aliphatic heterocycles. The molecule has 0 amide bonds. The van der Waals surface area contributed by atoms with Crippen molar-refractivity contribution in [2.45, 2.75) is 12.8 Å². The van der Waals surface area contributed by atoms with Gasteiger partial charge >= 0.3 is 0 Å². The van der Waals surface area contributed by atoms with Crippen LogP contribution in [0.3, 0.4) is 0 Å². The van der Waals surface area contributed by atoms with Gasteiger partial charge in [0.05, 0.1) is 19.0 Å². The molecule has 1 rings (SSSR count). The topological polar surface area (TPSA) is 93.6 Å². The van der Waals surface area contributed by atoms with Gasteiger partial charge in [-0.15, -0.1) is 0 Å². The Balaban J connectivity index is 2.17. The molecule has 0 unspecified atom stereocenters. The molecule has 14 heavy (non-hydrogen) atoms. The summed E-state index contributed by atoms with van der Waals surface area (Å²) < 4.78 is 5.28. The summed E-state index contributed by atoms with van der Waals surface area (Å²) in [6, 6.07) is 0. The van der Waals surface area contributed by atoms with Crippen molar-refractivity contribution in [2.75, 3.05) is 6.61 Å². The molecule has 6 nitrogen and oxygen atoms in total. The molecular weight excluding hydrogens is 184 g/mol. The highest BCUT2D eigenvalue weighted by molar-refractivity contribution is 5.79. The summed E-state index contributed by atoms with van der Waals surface area (Å²) in [6.07, 6.45) is 5.78. The van der Waals surface area contributed by atoms with E-state index in [2.05, 4.69) is 15.1 Å². The highest BCUT2D eigenvalue weighted by atomic mass is 16.5. The van der Waals surface area contributed by atoms with Crippen LogP contribution in [0.4, 0.5) is 0 Å². The third kappa shape index (κ3) is 3.70. The first kappa shape index (κ1) is 10.2. The van der Waals surface area contributed by atoms with Gasteiger partial charge in [0.1, 0.15) is 12.2 Å². The average molecular weight is 196 g/mol. The molecule has 0 aliphatic carbocycles. The second-order valence-corrected chi connectivity index (χ2v) is 2.62. The molecule has 1 aromatic heterocycles. The number of hydrogen-bond donors (Lipinski definition) is 2. The standard InChI is InChI=1S/C8H12N4O2/c9-8(12-13)2-1-3-14-7-4-10-6-11-5-7/h4-6,13H,1-3H2,(H2,9,12). The molecule has 3 N–H and O–H groups in total. The van der Waals surface area contributed by atoms with E-state index in [0.29, 0.717) is 25.2 Å². The van der Waals surface area contributed by atoms with E-state index in [0.717, 1.165) is 0 Å². The maximum Gasteiger partial charge on any atom is 0.155 e. The minimum absolute atomic E-state index is 0.206. The monoisotopic (exact) mass is 196 g/mol. The van der Waals surface area contributed by atoms with Gasteiger partial charge in [0, 0.05) is 6.42 Å². The van der Waals surface area contributed by atoms with Crippen molar-refractivity contribution in [3.63, 3.8) is 0 Å². The first-order valence-electron chi connectivity index (χ1n) is 4.17. The molecular formula is C8H12N4O2. The molecule has 76 valence electrons. The Morgan fingerprint density at radius 2 is 2.21 bits per heavy atom. The van der Waals surface area contributed by atoms with Crippen molar-refractivity contribution in [2.24, 2.45) is 10.9 Å². The first-order chi connectivity index (χ1) is 6.83. The molecule has 0 aliphatic rings. The number of amidine groups is 1. The lowest BCUT2D eigenvalue weighted by Crippen LogP contribution is -2.12. The van der Waals surface area contributed by atoms with Crippen molar-refractivity contribution in [1.29, 1.82) is 0 Å². The Kier molecular flexibility index (Phi) is 4.19. The molecule has 0 spiro atoms. The number of hydrogen-bond acceptors (Lipinski definition) is 5. The zero-order valence-corrected chi connectivity index (χ0v) is 7.63. The SMILES string of the molecule is N/C(CCCOc1cncnc1)=N\O. The van der Waals surface area contributed by atoms with Gasteiger partial charge in [0.2, 0.25) is 0 Å². The van der Waals surface area contributed by atoms with Crippen LogP contribution < -0.4 is 10.5 Å². The van der Waals surface area contributed by atoms with E-state index in [-0.39, 0.29) is 5.84 Å². The molecule has 0 radical (unpaired) electrons. The fourth-order valence-electron chi connectivity index (χ4n) is 0.853. The highest BCUT2D eigenvalue weighted by Crippen LogP contribution is 2.04. The number of nitrogens with zero attached hydrogens (tertiary/aromatic N) is 3. The second kappa shape index (κ2) is 5.74. The number of nitrogens with two attached hydrogens (primary N) is 1. The molecule has 6 heteroatoms. The zero-order chi connectivity index (χ0) is 10.2. The predicted molar refractivity (Wildman–Crippen MR) is 50.2 cm³/mol. The van der Waals surface area contributed by atoms with Gasteiger partial charge in [0.25, 0.3) is 0 Å². The Hall–Kier alpha value is -1.85. The molecule has 0 saturated carbocycles. The van der Waals surface area contributed by atoms with Crippen molar-refractivity contribution in [3.05, 3.63) is 18.7 Å². The summed E-state index contributed by atoms with van der Waals surface area (Å²) in [6.45, 7) is 0.490. The molecule has 0 fully saturated rings. The fourth-order valence-corrected chi connectivity index (χ4v) is 0.853. The Morgan fingerprint density at radius 3 is 2.86 bits per heavy atom. The number of rotatable bonds is 5. The number of aromatic nitrogens is 2. The minimum Gasteiger partial charge on any atom is -0.490 e. The van der Waals surface area contributed by atoms with E-state index in [1.807, 2.05) is 0 Å². The van der Waals surface area contributed by atoms with Gasteiger partial charge in [-0.3, -0.25) is 0 Å². The number of ether oxygens (including phenoxy) is 1. The molecule has 0 aromatic carbocycles. The largest absolute Gasteiger partial charge is 0.490 e. The smallest absolute Gasteiger partial charge is 0.155 e. The van der Waals surface area contributed by atoms with E-state index < -0.39 is 0 Å². The van der Waals surface area contributed by atoms with E-state index >= 15 is 0 Å². The average Bonchev–Trinajstić information content (AvgIpc) is 2.25. The first-order valence-corrected chi connectivity index (χ1v) is 4.17. The minimum atomic E-state index is 0.206. The lowest BCUT2D eigenvalue weighted by Gasteiger charge is -2.03. The van der Waals surface area contributed by atoms with Gasteiger partial charge in [-0.2, -0.15) is 0 Å². The summed E-state index contributed by atoms with van der Waals surface area (Å²) in [5.74, 6) is 0.824. The maximum absolute atomic E-state index is 8.25. The third-order valence-corrected chi connectivity index (χ3v) is 1.51. The third-order valence-electron chi connectivity index (χ3n) is 1.51. The predicted octanol–water partition coefficient (Wildman–Crippen LogP) is 0.382. The molecule has 1 aromatic rings. The summed E-state index contributed by atoms with van der Waals surface area (Å²) in [5.41, 5.74) is 5.27.